The summed E-state index contributed by atoms with van der Waals surface area (Å²) < 4.78 is 39.8. The number of amidine groups is 1. The number of allylic oxidation sites excluding steroid dienone is 3. The van der Waals surface area contributed by atoms with Crippen LogP contribution in [0, 0.1) is 12.3 Å². The zero-order chi connectivity index (χ0) is 27.1. The fourth-order valence-corrected chi connectivity index (χ4v) is 2.94. The van der Waals surface area contributed by atoms with Crippen molar-refractivity contribution in [3.8, 4) is 23.5 Å². The topological polar surface area (TPSA) is 136 Å². The Kier molecular flexibility index (Phi) is 12.9. The molecule has 7 N–H and O–H groups in total. The molecule has 0 bridgehead atoms. The lowest BCUT2D eigenvalue weighted by molar-refractivity contribution is -0.114. The predicted molar refractivity (Wildman–Crippen MR) is 138 cm³/mol. The van der Waals surface area contributed by atoms with Crippen molar-refractivity contribution in [2.24, 2.45) is 16.8 Å². The number of nitrogens with two attached hydrogens (primary N) is 3. The molecule has 1 heterocycles. The van der Waals surface area contributed by atoms with Gasteiger partial charge in [0, 0.05) is 36.4 Å². The predicted octanol–water partition coefficient (Wildman–Crippen LogP) is 3.83. The third-order valence-corrected chi connectivity index (χ3v) is 4.55. The summed E-state index contributed by atoms with van der Waals surface area (Å²) >= 11 is 0. The minimum Gasteiger partial charge on any atom is -0.383 e. The van der Waals surface area contributed by atoms with E-state index in [-0.39, 0.29) is 41.7 Å². The van der Waals surface area contributed by atoms with Crippen LogP contribution in [0.5, 0.6) is 0 Å². The number of hydrogen-bond donors (Lipinski definition) is 4. The quantitative estimate of drug-likeness (QED) is 0.103. The van der Waals surface area contributed by atoms with Gasteiger partial charge in [-0.3, -0.25) is 9.80 Å². The van der Waals surface area contributed by atoms with Crippen LogP contribution in [0.25, 0.3) is 11.1 Å². The molecule has 1 amide bonds. The average Bonchev–Trinajstić information content (AvgIpc) is 2.85. The maximum absolute atomic E-state index is 14.2. The van der Waals surface area contributed by atoms with Gasteiger partial charge in [-0.2, -0.15) is 5.10 Å². The zero-order valence-corrected chi connectivity index (χ0v) is 20.1. The Labute approximate surface area is 208 Å². The number of nitrogens with one attached hydrogen (secondary N) is 1. The van der Waals surface area contributed by atoms with E-state index in [4.69, 9.17) is 17.4 Å². The molecule has 8 nitrogen and oxygen atoms in total. The number of carbonyl (C=O) groups excluding carboxylic acids is 1. The summed E-state index contributed by atoms with van der Waals surface area (Å²) in [5.74, 6) is 12.8. The van der Waals surface area contributed by atoms with Crippen molar-refractivity contribution in [3.05, 3.63) is 65.6 Å². The highest BCUT2D eigenvalue weighted by molar-refractivity contribution is 6.03. The number of rotatable bonds is 9. The first-order chi connectivity index (χ1) is 17.2. The minimum absolute atomic E-state index is 0.0326. The highest BCUT2D eigenvalue weighted by atomic mass is 19.1. The summed E-state index contributed by atoms with van der Waals surface area (Å²) in [4.78, 5) is 15.3. The van der Waals surface area contributed by atoms with E-state index in [0.717, 1.165) is 16.6 Å². The summed E-state index contributed by atoms with van der Waals surface area (Å²) in [6.07, 6.45) is 8.25. The summed E-state index contributed by atoms with van der Waals surface area (Å²) in [5, 5.41) is 7.28. The molecular weight excluding hydrogens is 471 g/mol. The maximum atomic E-state index is 14.2. The molecule has 11 heteroatoms. The van der Waals surface area contributed by atoms with Crippen LogP contribution in [0.15, 0.2) is 65.2 Å². The van der Waals surface area contributed by atoms with Crippen molar-refractivity contribution in [1.82, 2.24) is 9.99 Å². The number of hydrogen-bond acceptors (Lipinski definition) is 6. The standard InChI is InChI=1S/C22H26F3N7O.C3H4/c1-14(33)30-18-7-5-15(6-8-18)16-10-19(21(26)29-12-16)22(31-27)32(28)13-17(11-24)20(25)4-2-3-9-23;1-3-2/h2-3,5-8,10,12H,4,9,11,13,27-28H2,1H3,(H2,26,29)(H,30,33);1H,2H3/b3-2-,20-17+,31-22-;. The molecule has 36 heavy (non-hydrogen) atoms. The van der Waals surface area contributed by atoms with Crippen LogP contribution in [-0.2, 0) is 4.79 Å². The molecular formula is C25H30F3N7O. The summed E-state index contributed by atoms with van der Waals surface area (Å²) in [7, 11) is 0. The van der Waals surface area contributed by atoms with Gasteiger partial charge in [-0.1, -0.05) is 24.3 Å². The normalized spacial score (nSPS) is 11.8. The molecule has 0 unspecified atom stereocenters. The molecule has 2 rings (SSSR count). The summed E-state index contributed by atoms with van der Waals surface area (Å²) in [6, 6.07) is 8.62. The first-order valence-electron chi connectivity index (χ1n) is 10.7. The lowest BCUT2D eigenvalue weighted by Crippen LogP contribution is -2.41. The molecule has 0 saturated heterocycles. The zero-order valence-electron chi connectivity index (χ0n) is 20.1. The lowest BCUT2D eigenvalue weighted by atomic mass is 10.0. The Morgan fingerprint density at radius 1 is 1.25 bits per heavy atom. The number of hydrazone groups is 1. The molecule has 1 aromatic carbocycles. The van der Waals surface area contributed by atoms with Crippen molar-refractivity contribution in [1.29, 1.82) is 0 Å². The molecule has 0 aliphatic heterocycles. The third kappa shape index (κ3) is 9.15. The Bertz CT molecular complexity index is 1140. The molecule has 0 aliphatic rings. The Morgan fingerprint density at radius 2 is 1.89 bits per heavy atom. The lowest BCUT2D eigenvalue weighted by Gasteiger charge is -2.22. The number of amides is 1. The molecule has 0 radical (unpaired) electrons. The number of halogens is 3. The Balaban J connectivity index is 0.00000205. The highest BCUT2D eigenvalue weighted by Gasteiger charge is 2.18. The number of pyridine rings is 1. The summed E-state index contributed by atoms with van der Waals surface area (Å²) in [6.45, 7) is 0.850. The van der Waals surface area contributed by atoms with Crippen LogP contribution in [-0.4, -0.2) is 41.6 Å². The molecule has 1 aromatic heterocycles. The summed E-state index contributed by atoms with van der Waals surface area (Å²) in [5.41, 5.74) is 8.04. The highest BCUT2D eigenvalue weighted by Crippen LogP contribution is 2.25. The SMILES string of the molecule is C#CC.CC(=O)Nc1ccc(-c2cnc(N)c(/C(=N/N)N(N)C/C(CF)=C(/F)C/C=C\CF)c2)cc1. The number of benzene rings is 1. The van der Waals surface area contributed by atoms with E-state index in [1.165, 1.54) is 19.2 Å². The van der Waals surface area contributed by atoms with E-state index in [1.807, 2.05) is 0 Å². The smallest absolute Gasteiger partial charge is 0.221 e. The van der Waals surface area contributed by atoms with Gasteiger partial charge in [0.2, 0.25) is 5.91 Å². The number of alkyl halides is 2. The molecule has 2 aromatic rings. The largest absolute Gasteiger partial charge is 0.383 e. The van der Waals surface area contributed by atoms with Gasteiger partial charge in [-0.05, 0) is 30.7 Å². The number of carbonyl (C=O) groups is 1. The van der Waals surface area contributed by atoms with Gasteiger partial charge in [0.15, 0.2) is 5.84 Å². The number of hydrazine groups is 1. The van der Waals surface area contributed by atoms with Gasteiger partial charge < -0.3 is 16.9 Å². The van der Waals surface area contributed by atoms with E-state index in [2.05, 4.69) is 27.7 Å². The second-order valence-electron chi connectivity index (χ2n) is 7.26. The number of nitrogens with zero attached hydrogens (tertiary/aromatic N) is 3. The Morgan fingerprint density at radius 3 is 2.42 bits per heavy atom. The second-order valence-corrected chi connectivity index (χ2v) is 7.26. The van der Waals surface area contributed by atoms with Gasteiger partial charge in [-0.25, -0.2) is 24.0 Å². The monoisotopic (exact) mass is 501 g/mol. The molecule has 0 aliphatic carbocycles. The van der Waals surface area contributed by atoms with E-state index >= 15 is 0 Å². The fraction of sp³-hybridized carbons (Fsp3) is 0.240. The van der Waals surface area contributed by atoms with Crippen molar-refractivity contribution in [3.63, 3.8) is 0 Å². The van der Waals surface area contributed by atoms with Crippen LogP contribution >= 0.6 is 0 Å². The van der Waals surface area contributed by atoms with Crippen molar-refractivity contribution in [2.45, 2.75) is 20.3 Å². The third-order valence-electron chi connectivity index (χ3n) is 4.55. The molecule has 0 atom stereocenters. The van der Waals surface area contributed by atoms with E-state index < -0.39 is 19.2 Å². The van der Waals surface area contributed by atoms with E-state index in [9.17, 15) is 18.0 Å². The van der Waals surface area contributed by atoms with Gasteiger partial charge in [0.05, 0.1) is 12.1 Å². The second kappa shape index (κ2) is 15.6. The van der Waals surface area contributed by atoms with Gasteiger partial charge in [-0.15, -0.1) is 12.3 Å². The number of anilines is 2. The number of nitrogen functional groups attached to an aromatic ring is 1. The van der Waals surface area contributed by atoms with E-state index in [1.54, 1.807) is 37.3 Å². The maximum Gasteiger partial charge on any atom is 0.221 e. The van der Waals surface area contributed by atoms with Crippen LogP contribution in [0.4, 0.5) is 24.7 Å². The molecule has 0 saturated carbocycles. The van der Waals surface area contributed by atoms with Crippen LogP contribution in [0.2, 0.25) is 0 Å². The Hall–Kier alpha value is -4.30. The molecule has 192 valence electrons. The minimum atomic E-state index is -1.10. The van der Waals surface area contributed by atoms with Crippen LogP contribution in [0.3, 0.4) is 0 Å². The average molecular weight is 502 g/mol. The van der Waals surface area contributed by atoms with Crippen molar-refractivity contribution < 1.29 is 18.0 Å². The molecule has 0 spiro atoms. The van der Waals surface area contributed by atoms with Gasteiger partial charge in [0.25, 0.3) is 0 Å². The van der Waals surface area contributed by atoms with Gasteiger partial charge >= 0.3 is 0 Å². The number of aromatic nitrogens is 1. The molecule has 0 fully saturated rings. The van der Waals surface area contributed by atoms with Crippen molar-refractivity contribution in [2.75, 3.05) is 30.9 Å². The van der Waals surface area contributed by atoms with Gasteiger partial charge in [0.1, 0.15) is 25.0 Å². The van der Waals surface area contributed by atoms with Crippen LogP contribution < -0.4 is 22.7 Å². The first-order valence-corrected chi connectivity index (χ1v) is 10.7. The van der Waals surface area contributed by atoms with Crippen LogP contribution in [0.1, 0.15) is 25.8 Å². The fourth-order valence-electron chi connectivity index (χ4n) is 2.94. The number of terminal acetylenes is 1. The first kappa shape index (κ1) is 29.7. The van der Waals surface area contributed by atoms with E-state index in [0.29, 0.717) is 11.3 Å². The van der Waals surface area contributed by atoms with Crippen molar-refractivity contribution >= 4 is 23.2 Å².